The number of hydrogen-bond donors (Lipinski definition) is 1. The zero-order valence-electron chi connectivity index (χ0n) is 3.93. The molecule has 8 heavy (non-hydrogen) atoms. The Labute approximate surface area is 70.5 Å². The molecular weight excluding hydrogens is 155 g/mol. The van der Waals surface area contributed by atoms with Crippen molar-refractivity contribution in [1.82, 2.24) is 0 Å². The molecule has 0 fully saturated rings. The molecule has 0 aromatic rings. The van der Waals surface area contributed by atoms with Crippen LogP contribution in [0, 0.1) is 0 Å². The van der Waals surface area contributed by atoms with E-state index in [0.29, 0.717) is 5.57 Å². The summed E-state index contributed by atoms with van der Waals surface area (Å²) in [5.41, 5.74) is 0.389. The first kappa shape index (κ1) is 11.3. The first-order chi connectivity index (χ1) is 3.18. The molecule has 0 heterocycles. The van der Waals surface area contributed by atoms with Crippen LogP contribution in [0.1, 0.15) is 6.92 Å². The fraction of sp³-hybridized carbons (Fsp3) is 0.250. The number of carboxylic acid groups (broad SMARTS) is 1. The molecule has 0 aliphatic carbocycles. The number of rotatable bonds is 1. The Morgan fingerprint density at radius 1 is 1.75 bits per heavy atom. The van der Waals surface area contributed by atoms with Crippen LogP contribution in [0.4, 0.5) is 0 Å². The second kappa shape index (κ2) is 5.59. The van der Waals surface area contributed by atoms with E-state index in [1.807, 2.05) is 0 Å². The Morgan fingerprint density at radius 2 is 2.12 bits per heavy atom. The smallest absolute Gasteiger partial charge is 0.187 e. The largest absolute Gasteiger partial charge is 0.187 e. The molecule has 43 valence electrons. The minimum absolute atomic E-state index is 0. The van der Waals surface area contributed by atoms with Gasteiger partial charge in [0.15, 0.2) is 17.4 Å². The van der Waals surface area contributed by atoms with Gasteiger partial charge in [-0.1, -0.05) is 0 Å². The van der Waals surface area contributed by atoms with Gasteiger partial charge in [0.25, 0.3) is 0 Å². The van der Waals surface area contributed by atoms with Crippen LogP contribution >= 0.6 is 0 Å². The van der Waals surface area contributed by atoms with Crippen LogP contribution in [0.2, 0.25) is 0 Å². The first-order valence-corrected chi connectivity index (χ1v) is 2.66. The van der Waals surface area contributed by atoms with Crippen LogP contribution in [-0.2, 0) is 25.2 Å². The Bertz CT molecular complexity index is 111. The SMILES string of the molecule is CC(=[CH][Ti])C(=O)O.[AlH3]. The van der Waals surface area contributed by atoms with Gasteiger partial charge in [0.05, 0.1) is 0 Å². The molecule has 0 aromatic carbocycles. The van der Waals surface area contributed by atoms with Crippen molar-refractivity contribution in [1.29, 1.82) is 0 Å². The Hall–Kier alpha value is 0.457. The summed E-state index contributed by atoms with van der Waals surface area (Å²) in [6, 6.07) is 0. The van der Waals surface area contributed by atoms with Crippen LogP contribution in [-0.4, -0.2) is 28.4 Å². The average Bonchev–Trinajstić information content (AvgIpc) is 1.65. The third-order valence-electron chi connectivity index (χ3n) is 0.554. The first-order valence-electron chi connectivity index (χ1n) is 1.76. The fourth-order valence-electron chi connectivity index (χ4n) is 0.0617. The molecule has 0 saturated heterocycles. The van der Waals surface area contributed by atoms with E-state index in [2.05, 4.69) is 0 Å². The molecule has 4 heteroatoms. The third kappa shape index (κ3) is 4.61. The van der Waals surface area contributed by atoms with Crippen LogP contribution in [0.5, 0.6) is 0 Å². The van der Waals surface area contributed by atoms with E-state index in [4.69, 9.17) is 5.11 Å². The Balaban J connectivity index is 0. The van der Waals surface area contributed by atoms with Crippen LogP contribution < -0.4 is 0 Å². The molecular formula is C4H8AlO2Ti. The van der Waals surface area contributed by atoms with Gasteiger partial charge in [-0.2, -0.15) is 0 Å². The number of hydrogen-bond acceptors (Lipinski definition) is 1. The molecule has 0 bridgehead atoms. The summed E-state index contributed by atoms with van der Waals surface area (Å²) in [5.74, 6) is -0.845. The second-order valence-electron chi connectivity index (χ2n) is 1.13. The summed E-state index contributed by atoms with van der Waals surface area (Å²) in [6.45, 7) is 1.56. The molecule has 0 aliphatic rings. The van der Waals surface area contributed by atoms with Gasteiger partial charge in [0.2, 0.25) is 0 Å². The summed E-state index contributed by atoms with van der Waals surface area (Å²) in [4.78, 5) is 9.86. The maximum absolute atomic E-state index is 9.86. The molecule has 0 saturated carbocycles. The van der Waals surface area contributed by atoms with Crippen molar-refractivity contribution < 1.29 is 30.3 Å². The van der Waals surface area contributed by atoms with Gasteiger partial charge in [0.1, 0.15) is 0 Å². The molecule has 0 unspecified atom stereocenters. The van der Waals surface area contributed by atoms with Crippen LogP contribution in [0.25, 0.3) is 0 Å². The van der Waals surface area contributed by atoms with E-state index >= 15 is 0 Å². The van der Waals surface area contributed by atoms with Crippen molar-refractivity contribution in [3.8, 4) is 0 Å². The van der Waals surface area contributed by atoms with Gasteiger partial charge in [-0.25, -0.2) is 0 Å². The standard InChI is InChI=1S/C4H5O2.Al.Ti.3H/c1-3(2)4(5)6;;;;;/h1H,2H3,(H,5,6);;;;;. The summed E-state index contributed by atoms with van der Waals surface area (Å²) in [7, 11) is 0. The van der Waals surface area contributed by atoms with Crippen molar-refractivity contribution in [2.75, 3.05) is 0 Å². The predicted octanol–water partition coefficient (Wildman–Crippen LogP) is -0.662. The Morgan fingerprint density at radius 3 is 2.12 bits per heavy atom. The van der Waals surface area contributed by atoms with Crippen molar-refractivity contribution >= 4 is 23.3 Å². The minimum atomic E-state index is -0.845. The molecule has 0 aliphatic heterocycles. The molecule has 0 spiro atoms. The zero-order chi connectivity index (χ0) is 5.86. The molecule has 0 aromatic heterocycles. The van der Waals surface area contributed by atoms with E-state index < -0.39 is 5.97 Å². The summed E-state index contributed by atoms with van der Waals surface area (Å²) >= 11 is 1.70. The van der Waals surface area contributed by atoms with Crippen molar-refractivity contribution in [2.45, 2.75) is 6.92 Å². The molecule has 0 atom stereocenters. The van der Waals surface area contributed by atoms with Gasteiger partial charge in [-0.15, -0.1) is 0 Å². The summed E-state index contributed by atoms with van der Waals surface area (Å²) < 4.78 is 1.56. The van der Waals surface area contributed by atoms with Crippen molar-refractivity contribution in [2.24, 2.45) is 0 Å². The van der Waals surface area contributed by atoms with Crippen molar-refractivity contribution in [3.05, 3.63) is 9.95 Å². The number of aliphatic carboxylic acids is 1. The maximum Gasteiger partial charge on any atom is 0.187 e. The van der Waals surface area contributed by atoms with Crippen LogP contribution in [0.15, 0.2) is 9.95 Å². The van der Waals surface area contributed by atoms with Gasteiger partial charge in [-0.3, -0.25) is 0 Å². The molecule has 0 radical (unpaired) electrons. The minimum Gasteiger partial charge on any atom is 0.187 e. The van der Waals surface area contributed by atoms with E-state index in [9.17, 15) is 4.79 Å². The zero-order valence-corrected chi connectivity index (χ0v) is 5.49. The molecule has 2 nitrogen and oxygen atoms in total. The summed E-state index contributed by atoms with van der Waals surface area (Å²) in [5, 5.41) is 8.11. The Kier molecular flexibility index (Phi) is 7.88. The molecule has 0 amide bonds. The predicted molar refractivity (Wildman–Crippen MR) is 31.3 cm³/mol. The van der Waals surface area contributed by atoms with Crippen molar-refractivity contribution in [3.63, 3.8) is 0 Å². The number of carboxylic acids is 1. The summed E-state index contributed by atoms with van der Waals surface area (Å²) in [6.07, 6.45) is 0. The van der Waals surface area contributed by atoms with E-state index in [-0.39, 0.29) is 17.4 Å². The van der Waals surface area contributed by atoms with E-state index in [0.717, 1.165) is 0 Å². The second-order valence-corrected chi connectivity index (χ2v) is 1.58. The van der Waals surface area contributed by atoms with E-state index in [1.165, 1.54) is 0 Å². The molecule has 0 rings (SSSR count). The molecule has 1 N–H and O–H groups in total. The van der Waals surface area contributed by atoms with Gasteiger partial charge >= 0.3 is 53.2 Å². The quantitative estimate of drug-likeness (QED) is 0.411. The van der Waals surface area contributed by atoms with Gasteiger partial charge in [0, 0.05) is 0 Å². The number of carbonyl (C=O) groups is 1. The van der Waals surface area contributed by atoms with Gasteiger partial charge in [-0.05, 0) is 0 Å². The van der Waals surface area contributed by atoms with E-state index in [1.54, 1.807) is 31.7 Å². The third-order valence-corrected chi connectivity index (χ3v) is 1.23. The van der Waals surface area contributed by atoms with Gasteiger partial charge < -0.3 is 0 Å². The monoisotopic (exact) mass is 163 g/mol. The maximum atomic E-state index is 9.86. The average molecular weight is 163 g/mol. The normalized spacial score (nSPS) is 9.75. The van der Waals surface area contributed by atoms with Crippen LogP contribution in [0.3, 0.4) is 0 Å². The fourth-order valence-corrected chi connectivity index (χ4v) is 0.255. The topological polar surface area (TPSA) is 37.3 Å².